The van der Waals surface area contributed by atoms with Crippen LogP contribution in [0.4, 0.5) is 0 Å². The lowest BCUT2D eigenvalue weighted by Crippen LogP contribution is -3.10. The number of amides is 2. The lowest BCUT2D eigenvalue weighted by Gasteiger charge is -2.17. The average Bonchev–Trinajstić information content (AvgIpc) is 3.24. The summed E-state index contributed by atoms with van der Waals surface area (Å²) in [7, 11) is 0. The number of hydrogen-bond acceptors (Lipinski definition) is 4. The molecular formula is C17H24N3O2S2+. The van der Waals surface area contributed by atoms with Gasteiger partial charge in [0.2, 0.25) is 5.91 Å². The Kier molecular flexibility index (Phi) is 7.94. The second-order valence-electron chi connectivity index (χ2n) is 5.57. The zero-order valence-corrected chi connectivity index (χ0v) is 15.5. The van der Waals surface area contributed by atoms with Gasteiger partial charge in [0.15, 0.2) is 6.54 Å². The number of carbonyl (C=O) groups is 2. The molecule has 2 aromatic rings. The van der Waals surface area contributed by atoms with Crippen molar-refractivity contribution in [1.29, 1.82) is 0 Å². The summed E-state index contributed by atoms with van der Waals surface area (Å²) < 4.78 is 0. The van der Waals surface area contributed by atoms with E-state index in [2.05, 4.69) is 33.5 Å². The van der Waals surface area contributed by atoms with E-state index in [0.29, 0.717) is 13.1 Å². The van der Waals surface area contributed by atoms with E-state index in [1.165, 1.54) is 14.7 Å². The van der Waals surface area contributed by atoms with Crippen LogP contribution in [0.2, 0.25) is 0 Å². The third-order valence-corrected chi connectivity index (χ3v) is 5.19. The van der Waals surface area contributed by atoms with Crippen molar-refractivity contribution in [1.82, 2.24) is 10.6 Å². The SMILES string of the molecule is CCCNC(=O)CNC(=O)C[NH+](Cc1cccs1)Cc1cccs1. The second kappa shape index (κ2) is 10.2. The van der Waals surface area contributed by atoms with Gasteiger partial charge in [-0.1, -0.05) is 19.1 Å². The summed E-state index contributed by atoms with van der Waals surface area (Å²) in [5.74, 6) is -0.229. The zero-order valence-electron chi connectivity index (χ0n) is 13.8. The number of quaternary nitrogens is 1. The van der Waals surface area contributed by atoms with Crippen molar-refractivity contribution in [3.05, 3.63) is 44.8 Å². The first-order valence-electron chi connectivity index (χ1n) is 8.09. The van der Waals surface area contributed by atoms with Crippen molar-refractivity contribution < 1.29 is 14.5 Å². The highest BCUT2D eigenvalue weighted by Gasteiger charge is 2.17. The van der Waals surface area contributed by atoms with Crippen molar-refractivity contribution in [3.8, 4) is 0 Å². The van der Waals surface area contributed by atoms with Gasteiger partial charge in [-0.15, -0.1) is 22.7 Å². The monoisotopic (exact) mass is 366 g/mol. The molecule has 0 radical (unpaired) electrons. The van der Waals surface area contributed by atoms with Crippen molar-refractivity contribution >= 4 is 34.5 Å². The van der Waals surface area contributed by atoms with Crippen molar-refractivity contribution in [2.24, 2.45) is 0 Å². The largest absolute Gasteiger partial charge is 0.355 e. The Morgan fingerprint density at radius 1 is 1.00 bits per heavy atom. The maximum Gasteiger partial charge on any atom is 0.275 e. The molecule has 0 fully saturated rings. The van der Waals surface area contributed by atoms with E-state index >= 15 is 0 Å². The fraction of sp³-hybridized carbons (Fsp3) is 0.412. The van der Waals surface area contributed by atoms with Gasteiger partial charge in [-0.3, -0.25) is 9.59 Å². The molecule has 130 valence electrons. The van der Waals surface area contributed by atoms with E-state index in [-0.39, 0.29) is 18.4 Å². The molecular weight excluding hydrogens is 342 g/mol. The van der Waals surface area contributed by atoms with Gasteiger partial charge in [0.1, 0.15) is 13.1 Å². The molecule has 3 N–H and O–H groups in total. The molecule has 2 amide bonds. The lowest BCUT2D eigenvalue weighted by molar-refractivity contribution is -0.919. The van der Waals surface area contributed by atoms with Gasteiger partial charge >= 0.3 is 0 Å². The average molecular weight is 367 g/mol. The second-order valence-corrected chi connectivity index (χ2v) is 7.63. The van der Waals surface area contributed by atoms with Crippen LogP contribution in [-0.2, 0) is 22.7 Å². The number of nitrogens with one attached hydrogen (secondary N) is 3. The minimum Gasteiger partial charge on any atom is -0.355 e. The third kappa shape index (κ3) is 6.82. The molecule has 2 heterocycles. The van der Waals surface area contributed by atoms with E-state index in [0.717, 1.165) is 19.5 Å². The van der Waals surface area contributed by atoms with Crippen LogP contribution in [0.5, 0.6) is 0 Å². The van der Waals surface area contributed by atoms with E-state index in [4.69, 9.17) is 0 Å². The Hall–Kier alpha value is -1.70. The predicted octanol–water partition coefficient (Wildman–Crippen LogP) is 1.04. The molecule has 0 bridgehead atoms. The summed E-state index contributed by atoms with van der Waals surface area (Å²) in [5.41, 5.74) is 0. The van der Waals surface area contributed by atoms with Crippen LogP contribution in [0.1, 0.15) is 23.1 Å². The van der Waals surface area contributed by atoms with Gasteiger partial charge < -0.3 is 15.5 Å². The molecule has 24 heavy (non-hydrogen) atoms. The van der Waals surface area contributed by atoms with E-state index in [9.17, 15) is 9.59 Å². The minimum absolute atomic E-state index is 0.0458. The van der Waals surface area contributed by atoms with Crippen molar-refractivity contribution in [2.45, 2.75) is 26.4 Å². The fourth-order valence-corrected chi connectivity index (χ4v) is 3.86. The van der Waals surface area contributed by atoms with Gasteiger partial charge in [-0.2, -0.15) is 0 Å². The maximum absolute atomic E-state index is 12.2. The zero-order chi connectivity index (χ0) is 17.2. The lowest BCUT2D eigenvalue weighted by atomic mass is 10.3. The Morgan fingerprint density at radius 3 is 2.12 bits per heavy atom. The van der Waals surface area contributed by atoms with Crippen LogP contribution in [0.3, 0.4) is 0 Å². The van der Waals surface area contributed by atoms with Crippen LogP contribution in [-0.4, -0.2) is 31.4 Å². The molecule has 0 aliphatic heterocycles. The molecule has 7 heteroatoms. The summed E-state index contributed by atoms with van der Waals surface area (Å²) >= 11 is 3.41. The number of rotatable bonds is 10. The molecule has 0 spiro atoms. The van der Waals surface area contributed by atoms with Gasteiger partial charge in [0.05, 0.1) is 16.3 Å². The summed E-state index contributed by atoms with van der Waals surface area (Å²) in [6.45, 7) is 4.66. The summed E-state index contributed by atoms with van der Waals surface area (Å²) in [5, 5.41) is 9.58. The summed E-state index contributed by atoms with van der Waals surface area (Å²) in [6, 6.07) is 8.24. The van der Waals surface area contributed by atoms with Crippen LogP contribution in [0.25, 0.3) is 0 Å². The minimum atomic E-state index is -0.136. The van der Waals surface area contributed by atoms with Crippen LogP contribution in [0, 0.1) is 0 Å². The normalized spacial score (nSPS) is 10.8. The molecule has 2 aromatic heterocycles. The molecule has 0 saturated carbocycles. The number of hydrogen-bond donors (Lipinski definition) is 3. The highest BCUT2D eigenvalue weighted by Crippen LogP contribution is 2.08. The quantitative estimate of drug-likeness (QED) is 0.588. The van der Waals surface area contributed by atoms with Crippen LogP contribution in [0.15, 0.2) is 35.0 Å². The Balaban J connectivity index is 1.84. The molecule has 0 unspecified atom stereocenters. The Bertz CT molecular complexity index is 576. The highest BCUT2D eigenvalue weighted by molar-refractivity contribution is 7.10. The third-order valence-electron chi connectivity index (χ3n) is 3.44. The molecule has 2 rings (SSSR count). The van der Waals surface area contributed by atoms with Gasteiger partial charge in [0, 0.05) is 6.54 Å². The maximum atomic E-state index is 12.2. The van der Waals surface area contributed by atoms with Gasteiger partial charge in [-0.05, 0) is 29.3 Å². The first-order chi connectivity index (χ1) is 11.7. The predicted molar refractivity (Wildman–Crippen MR) is 98.2 cm³/mol. The van der Waals surface area contributed by atoms with Gasteiger partial charge in [-0.25, -0.2) is 0 Å². The first-order valence-corrected chi connectivity index (χ1v) is 9.85. The first kappa shape index (κ1) is 18.6. The fourth-order valence-electron chi connectivity index (χ4n) is 2.30. The highest BCUT2D eigenvalue weighted by atomic mass is 32.1. The standard InChI is InChI=1S/C17H23N3O2S2/c1-2-7-18-16(21)10-19-17(22)13-20(11-14-5-3-8-23-14)12-15-6-4-9-24-15/h3-6,8-9H,2,7,10-13H2,1H3,(H,18,21)(H,19,22)/p+1. The smallest absolute Gasteiger partial charge is 0.275 e. The molecule has 0 saturated heterocycles. The van der Waals surface area contributed by atoms with E-state index in [1.54, 1.807) is 22.7 Å². The summed E-state index contributed by atoms with van der Waals surface area (Å²) in [4.78, 5) is 27.5. The molecule has 0 aliphatic carbocycles. The molecule has 0 aliphatic rings. The van der Waals surface area contributed by atoms with E-state index in [1.807, 2.05) is 19.1 Å². The summed E-state index contributed by atoms with van der Waals surface area (Å²) in [6.07, 6.45) is 0.888. The molecule has 0 aromatic carbocycles. The van der Waals surface area contributed by atoms with Crippen LogP contribution >= 0.6 is 22.7 Å². The van der Waals surface area contributed by atoms with Crippen LogP contribution < -0.4 is 15.5 Å². The number of thiophene rings is 2. The van der Waals surface area contributed by atoms with Gasteiger partial charge in [0.25, 0.3) is 5.91 Å². The topological polar surface area (TPSA) is 62.6 Å². The Labute approximate surface area is 150 Å². The number of carbonyl (C=O) groups excluding carboxylic acids is 2. The van der Waals surface area contributed by atoms with Crippen molar-refractivity contribution in [3.63, 3.8) is 0 Å². The molecule has 0 atom stereocenters. The molecule has 5 nitrogen and oxygen atoms in total. The van der Waals surface area contributed by atoms with E-state index < -0.39 is 0 Å². The Morgan fingerprint density at radius 2 is 1.62 bits per heavy atom. The van der Waals surface area contributed by atoms with Crippen molar-refractivity contribution in [2.75, 3.05) is 19.6 Å².